The van der Waals surface area contributed by atoms with Gasteiger partial charge in [0.1, 0.15) is 5.82 Å². The number of nitrogens with one attached hydrogen (secondary N) is 2. The SMILES string of the molecule is Cc1ccc(CC(=O)Nc2ccc(N3CCNCC3)cn2)cc1.Cl. The number of halogens is 1. The Morgan fingerprint density at radius 3 is 2.50 bits per heavy atom. The molecule has 0 saturated carbocycles. The third-order valence-electron chi connectivity index (χ3n) is 3.98. The zero-order chi connectivity index (χ0) is 16.1. The molecule has 0 radical (unpaired) electrons. The van der Waals surface area contributed by atoms with Gasteiger partial charge in [-0.05, 0) is 24.6 Å². The van der Waals surface area contributed by atoms with Crippen molar-refractivity contribution in [2.45, 2.75) is 13.3 Å². The quantitative estimate of drug-likeness (QED) is 0.892. The number of pyridine rings is 1. The molecular weight excluding hydrogens is 324 g/mol. The Morgan fingerprint density at radius 2 is 1.88 bits per heavy atom. The second-order valence-corrected chi connectivity index (χ2v) is 5.85. The van der Waals surface area contributed by atoms with Crippen LogP contribution in [0.5, 0.6) is 0 Å². The minimum atomic E-state index is -0.0451. The van der Waals surface area contributed by atoms with Crippen molar-refractivity contribution in [1.29, 1.82) is 0 Å². The third-order valence-corrected chi connectivity index (χ3v) is 3.98. The zero-order valence-corrected chi connectivity index (χ0v) is 14.6. The van der Waals surface area contributed by atoms with Crippen LogP contribution in [0.25, 0.3) is 0 Å². The van der Waals surface area contributed by atoms with E-state index in [1.807, 2.05) is 49.5 Å². The molecule has 1 aromatic heterocycles. The Labute approximate surface area is 148 Å². The van der Waals surface area contributed by atoms with Crippen molar-refractivity contribution in [2.75, 3.05) is 36.4 Å². The van der Waals surface area contributed by atoms with E-state index in [-0.39, 0.29) is 18.3 Å². The van der Waals surface area contributed by atoms with Gasteiger partial charge in [-0.25, -0.2) is 4.98 Å². The Bertz CT molecular complexity index is 652. The lowest BCUT2D eigenvalue weighted by molar-refractivity contribution is -0.115. The molecule has 2 aromatic rings. The van der Waals surface area contributed by atoms with Gasteiger partial charge < -0.3 is 15.5 Å². The molecule has 1 aliphatic rings. The number of amides is 1. The lowest BCUT2D eigenvalue weighted by atomic mass is 10.1. The lowest BCUT2D eigenvalue weighted by Crippen LogP contribution is -2.43. The monoisotopic (exact) mass is 346 g/mol. The van der Waals surface area contributed by atoms with E-state index in [0.29, 0.717) is 12.2 Å². The maximum atomic E-state index is 12.1. The normalized spacial score (nSPS) is 14.0. The number of benzene rings is 1. The van der Waals surface area contributed by atoms with E-state index in [9.17, 15) is 4.79 Å². The van der Waals surface area contributed by atoms with Gasteiger partial charge in [-0.15, -0.1) is 12.4 Å². The molecule has 1 aromatic carbocycles. The molecule has 1 amide bonds. The minimum Gasteiger partial charge on any atom is -0.368 e. The van der Waals surface area contributed by atoms with Gasteiger partial charge >= 0.3 is 0 Å². The van der Waals surface area contributed by atoms with Crippen LogP contribution >= 0.6 is 12.4 Å². The van der Waals surface area contributed by atoms with E-state index in [2.05, 4.69) is 20.5 Å². The van der Waals surface area contributed by atoms with Crippen molar-refractivity contribution in [1.82, 2.24) is 10.3 Å². The van der Waals surface area contributed by atoms with E-state index in [0.717, 1.165) is 37.4 Å². The molecule has 2 heterocycles. The van der Waals surface area contributed by atoms with Gasteiger partial charge in [0.15, 0.2) is 0 Å². The van der Waals surface area contributed by atoms with Gasteiger partial charge in [0.05, 0.1) is 18.3 Å². The van der Waals surface area contributed by atoms with Crippen LogP contribution < -0.4 is 15.5 Å². The number of carbonyl (C=O) groups excluding carboxylic acids is 1. The highest BCUT2D eigenvalue weighted by molar-refractivity contribution is 5.91. The summed E-state index contributed by atoms with van der Waals surface area (Å²) in [6, 6.07) is 11.9. The van der Waals surface area contributed by atoms with Crippen LogP contribution in [-0.4, -0.2) is 37.1 Å². The molecule has 1 aliphatic heterocycles. The number of carbonyl (C=O) groups is 1. The summed E-state index contributed by atoms with van der Waals surface area (Å²) >= 11 is 0. The molecule has 0 bridgehead atoms. The van der Waals surface area contributed by atoms with Crippen LogP contribution in [0.15, 0.2) is 42.6 Å². The average molecular weight is 347 g/mol. The standard InChI is InChI=1S/C18H22N4O.ClH/c1-14-2-4-15(5-3-14)12-18(23)21-17-7-6-16(13-20-17)22-10-8-19-9-11-22;/h2-7,13,19H,8-12H2,1H3,(H,20,21,23);1H. The fourth-order valence-electron chi connectivity index (χ4n) is 2.65. The Morgan fingerprint density at radius 1 is 1.17 bits per heavy atom. The largest absolute Gasteiger partial charge is 0.368 e. The number of piperazine rings is 1. The molecule has 0 atom stereocenters. The summed E-state index contributed by atoms with van der Waals surface area (Å²) in [4.78, 5) is 18.7. The summed E-state index contributed by atoms with van der Waals surface area (Å²) in [5.74, 6) is 0.553. The van der Waals surface area contributed by atoms with Crippen molar-refractivity contribution in [3.8, 4) is 0 Å². The average Bonchev–Trinajstić information content (AvgIpc) is 2.58. The van der Waals surface area contributed by atoms with Gasteiger partial charge in [-0.3, -0.25) is 4.79 Å². The molecule has 2 N–H and O–H groups in total. The highest BCUT2D eigenvalue weighted by Crippen LogP contribution is 2.16. The first-order valence-corrected chi connectivity index (χ1v) is 7.98. The van der Waals surface area contributed by atoms with Gasteiger partial charge in [-0.1, -0.05) is 29.8 Å². The topological polar surface area (TPSA) is 57.3 Å². The molecule has 0 aliphatic carbocycles. The number of anilines is 2. The summed E-state index contributed by atoms with van der Waals surface area (Å²) in [6.07, 6.45) is 2.19. The highest BCUT2D eigenvalue weighted by Gasteiger charge is 2.11. The summed E-state index contributed by atoms with van der Waals surface area (Å²) in [5.41, 5.74) is 3.30. The van der Waals surface area contributed by atoms with Gasteiger partial charge in [0.25, 0.3) is 0 Å². The zero-order valence-electron chi connectivity index (χ0n) is 13.8. The van der Waals surface area contributed by atoms with E-state index < -0.39 is 0 Å². The molecule has 1 saturated heterocycles. The van der Waals surface area contributed by atoms with Crippen LogP contribution in [0, 0.1) is 6.92 Å². The van der Waals surface area contributed by atoms with Crippen molar-refractivity contribution in [3.05, 3.63) is 53.7 Å². The summed E-state index contributed by atoms with van der Waals surface area (Å²) in [5, 5.41) is 6.18. The van der Waals surface area contributed by atoms with Crippen LogP contribution in [0.4, 0.5) is 11.5 Å². The van der Waals surface area contributed by atoms with Gasteiger partial charge in [0.2, 0.25) is 5.91 Å². The smallest absolute Gasteiger partial charge is 0.229 e. The van der Waals surface area contributed by atoms with E-state index >= 15 is 0 Å². The van der Waals surface area contributed by atoms with Crippen LogP contribution in [-0.2, 0) is 11.2 Å². The summed E-state index contributed by atoms with van der Waals surface area (Å²) < 4.78 is 0. The fourth-order valence-corrected chi connectivity index (χ4v) is 2.65. The van der Waals surface area contributed by atoms with Gasteiger partial charge in [-0.2, -0.15) is 0 Å². The predicted octanol–water partition coefficient (Wildman–Crippen LogP) is 2.40. The second-order valence-electron chi connectivity index (χ2n) is 5.85. The Kier molecular flexibility index (Phi) is 6.58. The first-order chi connectivity index (χ1) is 11.2. The molecule has 128 valence electrons. The third kappa shape index (κ3) is 4.94. The van der Waals surface area contributed by atoms with E-state index in [1.54, 1.807) is 0 Å². The summed E-state index contributed by atoms with van der Waals surface area (Å²) in [6.45, 7) is 6.00. The molecule has 5 nitrogen and oxygen atoms in total. The minimum absolute atomic E-state index is 0. The van der Waals surface area contributed by atoms with Crippen molar-refractivity contribution >= 4 is 29.8 Å². The second kappa shape index (κ2) is 8.66. The highest BCUT2D eigenvalue weighted by atomic mass is 35.5. The molecule has 3 rings (SSSR count). The number of rotatable bonds is 4. The number of aromatic nitrogens is 1. The number of aryl methyl sites for hydroxylation is 1. The van der Waals surface area contributed by atoms with E-state index in [1.165, 1.54) is 5.56 Å². The molecule has 1 fully saturated rings. The van der Waals surface area contributed by atoms with Crippen LogP contribution in [0.3, 0.4) is 0 Å². The number of hydrogen-bond donors (Lipinski definition) is 2. The molecule has 0 unspecified atom stereocenters. The molecule has 24 heavy (non-hydrogen) atoms. The summed E-state index contributed by atoms with van der Waals surface area (Å²) in [7, 11) is 0. The maximum Gasteiger partial charge on any atom is 0.229 e. The predicted molar refractivity (Wildman–Crippen MR) is 100 cm³/mol. The molecular formula is C18H23ClN4O. The van der Waals surface area contributed by atoms with Crippen LogP contribution in [0.2, 0.25) is 0 Å². The fraction of sp³-hybridized carbons (Fsp3) is 0.333. The molecule has 0 spiro atoms. The molecule has 6 heteroatoms. The lowest BCUT2D eigenvalue weighted by Gasteiger charge is -2.29. The van der Waals surface area contributed by atoms with Gasteiger partial charge in [0, 0.05) is 26.2 Å². The van der Waals surface area contributed by atoms with E-state index in [4.69, 9.17) is 0 Å². The Hall–Kier alpha value is -2.11. The maximum absolute atomic E-state index is 12.1. The Balaban J connectivity index is 0.00000208. The first-order valence-electron chi connectivity index (χ1n) is 7.98. The van der Waals surface area contributed by atoms with Crippen molar-refractivity contribution in [3.63, 3.8) is 0 Å². The van der Waals surface area contributed by atoms with Crippen molar-refractivity contribution < 1.29 is 4.79 Å². The number of nitrogens with zero attached hydrogens (tertiary/aromatic N) is 2. The van der Waals surface area contributed by atoms with Crippen molar-refractivity contribution in [2.24, 2.45) is 0 Å². The van der Waals surface area contributed by atoms with Crippen LogP contribution in [0.1, 0.15) is 11.1 Å². The number of hydrogen-bond acceptors (Lipinski definition) is 4. The first kappa shape index (κ1) is 18.2.